The fourth-order valence-electron chi connectivity index (χ4n) is 4.61. The predicted molar refractivity (Wildman–Crippen MR) is 156 cm³/mol. The number of carbonyl (C=O) groups excluding carboxylic acids is 3. The van der Waals surface area contributed by atoms with E-state index in [1.807, 2.05) is 32.0 Å². The molecule has 1 aliphatic heterocycles. The highest BCUT2D eigenvalue weighted by atomic mass is 32.2. The van der Waals surface area contributed by atoms with Gasteiger partial charge < -0.3 is 15.4 Å². The first-order valence-electron chi connectivity index (χ1n) is 13.1. The molecule has 3 aromatic rings. The summed E-state index contributed by atoms with van der Waals surface area (Å²) in [6, 6.07) is 11.4. The predicted octanol–water partition coefficient (Wildman–Crippen LogP) is 5.53. The number of piperidine rings is 1. The molecule has 0 radical (unpaired) electrons. The third-order valence-corrected chi connectivity index (χ3v) is 9.88. The normalized spacial score (nSPS) is 14.0. The second kappa shape index (κ2) is 12.3. The summed E-state index contributed by atoms with van der Waals surface area (Å²) in [6.07, 6.45) is 2.66. The lowest BCUT2D eigenvalue weighted by atomic mass is 10.1. The van der Waals surface area contributed by atoms with E-state index in [1.165, 1.54) is 28.6 Å². The minimum absolute atomic E-state index is 0.107. The molecule has 2 N–H and O–H groups in total. The summed E-state index contributed by atoms with van der Waals surface area (Å²) in [7, 11) is -3.63. The summed E-state index contributed by atoms with van der Waals surface area (Å²) in [4.78, 5) is 39.6. The molecule has 0 unspecified atom stereocenters. The molecular formula is C29H33N3O6S2. The van der Waals surface area contributed by atoms with Crippen LogP contribution in [0.1, 0.15) is 73.3 Å². The van der Waals surface area contributed by atoms with Crippen LogP contribution in [0.3, 0.4) is 0 Å². The van der Waals surface area contributed by atoms with Gasteiger partial charge in [-0.3, -0.25) is 9.59 Å². The van der Waals surface area contributed by atoms with E-state index in [2.05, 4.69) is 10.6 Å². The van der Waals surface area contributed by atoms with E-state index in [1.54, 1.807) is 13.8 Å². The fourth-order valence-corrected chi connectivity index (χ4v) is 7.21. The summed E-state index contributed by atoms with van der Waals surface area (Å²) in [5, 5.41) is 5.79. The summed E-state index contributed by atoms with van der Waals surface area (Å²) in [6.45, 7) is 8.25. The number of nitrogens with one attached hydrogen (secondary N) is 2. The number of thiophene rings is 1. The molecule has 4 rings (SSSR count). The van der Waals surface area contributed by atoms with Crippen molar-refractivity contribution in [2.45, 2.75) is 51.9 Å². The average molecular weight is 584 g/mol. The third kappa shape index (κ3) is 6.27. The number of anilines is 2. The van der Waals surface area contributed by atoms with Crippen LogP contribution in [0.2, 0.25) is 0 Å². The van der Waals surface area contributed by atoms with E-state index in [0.717, 1.165) is 41.7 Å². The van der Waals surface area contributed by atoms with Gasteiger partial charge in [0.25, 0.3) is 11.8 Å². The molecule has 212 valence electrons. The van der Waals surface area contributed by atoms with Crippen LogP contribution < -0.4 is 10.6 Å². The van der Waals surface area contributed by atoms with E-state index in [9.17, 15) is 22.8 Å². The number of hydrogen-bond acceptors (Lipinski definition) is 7. The Morgan fingerprint density at radius 1 is 0.925 bits per heavy atom. The SMILES string of the molecule is CCOC(=O)c1c(NC(=O)c2ccc(S(=O)(=O)N3CCCCC3)cc2)sc(C(=O)Nc2ccc(C)cc2C)c1C. The molecule has 1 aliphatic rings. The first kappa shape index (κ1) is 29.4. The third-order valence-electron chi connectivity index (χ3n) is 6.76. The van der Waals surface area contributed by atoms with E-state index < -0.39 is 27.8 Å². The molecule has 2 aromatic carbocycles. The van der Waals surface area contributed by atoms with Crippen LogP contribution in [0.5, 0.6) is 0 Å². The van der Waals surface area contributed by atoms with Crippen molar-refractivity contribution in [2.75, 3.05) is 30.3 Å². The van der Waals surface area contributed by atoms with Gasteiger partial charge >= 0.3 is 5.97 Å². The van der Waals surface area contributed by atoms with Gasteiger partial charge in [-0.05, 0) is 82.0 Å². The van der Waals surface area contributed by atoms with Crippen LogP contribution in [-0.4, -0.2) is 50.2 Å². The summed E-state index contributed by atoms with van der Waals surface area (Å²) < 4.78 is 32.6. The van der Waals surface area contributed by atoms with Gasteiger partial charge in [0.1, 0.15) is 5.00 Å². The Kier molecular flexibility index (Phi) is 9.07. The molecule has 1 aromatic heterocycles. The maximum absolute atomic E-state index is 13.2. The Morgan fingerprint density at radius 3 is 2.23 bits per heavy atom. The number of ether oxygens (including phenoxy) is 1. The van der Waals surface area contributed by atoms with Crippen LogP contribution in [0.25, 0.3) is 0 Å². The van der Waals surface area contributed by atoms with Crippen molar-refractivity contribution in [3.05, 3.63) is 75.2 Å². The van der Waals surface area contributed by atoms with E-state index in [0.29, 0.717) is 24.3 Å². The zero-order chi connectivity index (χ0) is 29.0. The lowest BCUT2D eigenvalue weighted by molar-refractivity contribution is 0.0527. The number of benzene rings is 2. The number of hydrogen-bond donors (Lipinski definition) is 2. The monoisotopic (exact) mass is 583 g/mol. The Bertz CT molecular complexity index is 1540. The number of rotatable bonds is 8. The Hall–Kier alpha value is -3.54. The number of esters is 1. The fraction of sp³-hybridized carbons (Fsp3) is 0.345. The molecular weight excluding hydrogens is 550 g/mol. The van der Waals surface area contributed by atoms with Gasteiger partial charge in [-0.25, -0.2) is 13.2 Å². The number of sulfonamides is 1. The van der Waals surface area contributed by atoms with E-state index >= 15 is 0 Å². The molecule has 0 saturated carbocycles. The molecule has 11 heteroatoms. The van der Waals surface area contributed by atoms with Crippen molar-refractivity contribution in [1.82, 2.24) is 4.31 Å². The van der Waals surface area contributed by atoms with Gasteiger partial charge in [0, 0.05) is 24.3 Å². The van der Waals surface area contributed by atoms with Crippen molar-refractivity contribution < 1.29 is 27.5 Å². The molecule has 0 bridgehead atoms. The quantitative estimate of drug-likeness (QED) is 0.336. The standard InChI is InChI=1S/C29H33N3O6S2/c1-5-38-29(35)24-20(4)25(27(34)30-23-14-9-18(2)17-19(23)3)39-28(24)31-26(33)21-10-12-22(13-11-21)40(36,37)32-15-7-6-8-16-32/h9-14,17H,5-8,15-16H2,1-4H3,(H,30,34)(H,31,33). The molecule has 1 saturated heterocycles. The van der Waals surface area contributed by atoms with Crippen molar-refractivity contribution in [2.24, 2.45) is 0 Å². The molecule has 0 atom stereocenters. The smallest absolute Gasteiger partial charge is 0.341 e. The highest BCUT2D eigenvalue weighted by molar-refractivity contribution is 7.89. The molecule has 2 amide bonds. The first-order valence-corrected chi connectivity index (χ1v) is 15.4. The van der Waals surface area contributed by atoms with Crippen LogP contribution in [0, 0.1) is 20.8 Å². The minimum atomic E-state index is -3.63. The van der Waals surface area contributed by atoms with Crippen LogP contribution in [0.15, 0.2) is 47.4 Å². The maximum Gasteiger partial charge on any atom is 0.341 e. The number of aryl methyl sites for hydroxylation is 2. The van der Waals surface area contributed by atoms with E-state index in [-0.39, 0.29) is 32.5 Å². The molecule has 0 spiro atoms. The Morgan fingerprint density at radius 2 is 1.60 bits per heavy atom. The highest BCUT2D eigenvalue weighted by Gasteiger charge is 2.28. The number of carbonyl (C=O) groups is 3. The number of nitrogens with zero attached hydrogens (tertiary/aromatic N) is 1. The van der Waals surface area contributed by atoms with Crippen LogP contribution in [0.4, 0.5) is 10.7 Å². The molecule has 1 fully saturated rings. The molecule has 0 aliphatic carbocycles. The summed E-state index contributed by atoms with van der Waals surface area (Å²) in [5.41, 5.74) is 3.31. The molecule has 2 heterocycles. The van der Waals surface area contributed by atoms with Gasteiger partial charge in [0.15, 0.2) is 0 Å². The minimum Gasteiger partial charge on any atom is -0.462 e. The van der Waals surface area contributed by atoms with Gasteiger partial charge in [-0.2, -0.15) is 4.31 Å². The maximum atomic E-state index is 13.2. The molecule has 9 nitrogen and oxygen atoms in total. The van der Waals surface area contributed by atoms with Crippen LogP contribution >= 0.6 is 11.3 Å². The van der Waals surface area contributed by atoms with Gasteiger partial charge in [0.2, 0.25) is 10.0 Å². The topological polar surface area (TPSA) is 122 Å². The lowest BCUT2D eigenvalue weighted by Gasteiger charge is -2.25. The lowest BCUT2D eigenvalue weighted by Crippen LogP contribution is -2.35. The van der Waals surface area contributed by atoms with Crippen molar-refractivity contribution >= 4 is 49.8 Å². The van der Waals surface area contributed by atoms with Gasteiger partial charge in [-0.15, -0.1) is 11.3 Å². The van der Waals surface area contributed by atoms with Gasteiger partial charge in [0.05, 0.1) is 21.9 Å². The molecule has 40 heavy (non-hydrogen) atoms. The largest absolute Gasteiger partial charge is 0.462 e. The van der Waals surface area contributed by atoms with Crippen molar-refractivity contribution in [1.29, 1.82) is 0 Å². The zero-order valence-electron chi connectivity index (χ0n) is 23.0. The number of amides is 2. The van der Waals surface area contributed by atoms with Crippen LogP contribution in [-0.2, 0) is 14.8 Å². The van der Waals surface area contributed by atoms with Crippen molar-refractivity contribution in [3.8, 4) is 0 Å². The second-order valence-electron chi connectivity index (χ2n) is 9.70. The van der Waals surface area contributed by atoms with Crippen molar-refractivity contribution in [3.63, 3.8) is 0 Å². The Balaban J connectivity index is 1.58. The highest BCUT2D eigenvalue weighted by Crippen LogP contribution is 2.35. The Labute approximate surface area is 238 Å². The average Bonchev–Trinajstić information content (AvgIpc) is 3.26. The summed E-state index contributed by atoms with van der Waals surface area (Å²) in [5.74, 6) is -1.61. The zero-order valence-corrected chi connectivity index (χ0v) is 24.6. The van der Waals surface area contributed by atoms with Gasteiger partial charge in [-0.1, -0.05) is 24.1 Å². The van der Waals surface area contributed by atoms with E-state index in [4.69, 9.17) is 4.74 Å². The first-order chi connectivity index (χ1) is 19.0. The second-order valence-corrected chi connectivity index (χ2v) is 12.7. The summed E-state index contributed by atoms with van der Waals surface area (Å²) >= 11 is 0.978.